The highest BCUT2D eigenvalue weighted by Crippen LogP contribution is 2.58. The first-order valence-electron chi connectivity index (χ1n) is 7.63. The molecule has 2 saturated heterocycles. The normalized spacial score (nSPS) is 46.8. The van der Waals surface area contributed by atoms with E-state index in [0.717, 1.165) is 13.0 Å². The first kappa shape index (κ1) is 14.3. The summed E-state index contributed by atoms with van der Waals surface area (Å²) in [5.41, 5.74) is 5.54. The Labute approximate surface area is 120 Å². The molecule has 3 unspecified atom stereocenters. The molecule has 0 spiro atoms. The number of fused-ring (bicyclic) bond motifs is 1. The van der Waals surface area contributed by atoms with Gasteiger partial charge in [-0.15, -0.1) is 0 Å². The van der Waals surface area contributed by atoms with Gasteiger partial charge in [-0.3, -0.25) is 4.79 Å². The molecule has 0 radical (unpaired) electrons. The van der Waals surface area contributed by atoms with Gasteiger partial charge in [0.2, 0.25) is 5.91 Å². The average molecular weight is 282 g/mol. The molecule has 0 aromatic heterocycles. The van der Waals surface area contributed by atoms with Gasteiger partial charge in [0.15, 0.2) is 0 Å². The standard InChI is InChI=1S/C15H26N2O3/c1-9-7-17(8-10(2)20-9)13(18)15(16)11-5-6-19-12(11)14(15,3)4/h9-12H,5-8,16H2,1-4H3/t9-,10+,11?,12?,15?. The van der Waals surface area contributed by atoms with Gasteiger partial charge in [0, 0.05) is 31.0 Å². The second-order valence-electron chi connectivity index (χ2n) is 7.24. The van der Waals surface area contributed by atoms with Crippen molar-refractivity contribution in [2.45, 2.75) is 58.0 Å². The van der Waals surface area contributed by atoms with Crippen LogP contribution in [0.2, 0.25) is 0 Å². The third-order valence-electron chi connectivity index (χ3n) is 5.51. The molecule has 0 aromatic rings. The monoisotopic (exact) mass is 282 g/mol. The number of rotatable bonds is 1. The first-order chi connectivity index (χ1) is 9.28. The summed E-state index contributed by atoms with van der Waals surface area (Å²) in [7, 11) is 0. The van der Waals surface area contributed by atoms with E-state index in [9.17, 15) is 4.79 Å². The molecular formula is C15H26N2O3. The lowest BCUT2D eigenvalue weighted by Gasteiger charge is -2.62. The van der Waals surface area contributed by atoms with Crippen LogP contribution >= 0.6 is 0 Å². The third-order valence-corrected chi connectivity index (χ3v) is 5.51. The summed E-state index contributed by atoms with van der Waals surface area (Å²) < 4.78 is 11.5. The minimum atomic E-state index is -0.787. The second kappa shape index (κ2) is 4.42. The van der Waals surface area contributed by atoms with Crippen molar-refractivity contribution in [2.24, 2.45) is 17.1 Å². The zero-order chi connectivity index (χ0) is 14.7. The van der Waals surface area contributed by atoms with Gasteiger partial charge in [-0.25, -0.2) is 0 Å². The molecule has 2 N–H and O–H groups in total. The summed E-state index contributed by atoms with van der Waals surface area (Å²) in [4.78, 5) is 14.9. The molecule has 5 nitrogen and oxygen atoms in total. The lowest BCUT2D eigenvalue weighted by atomic mass is 9.47. The number of nitrogens with two attached hydrogens (primary N) is 1. The molecule has 1 aliphatic carbocycles. The highest BCUT2D eigenvalue weighted by molar-refractivity contribution is 5.89. The largest absolute Gasteiger partial charge is 0.377 e. The Hall–Kier alpha value is -0.650. The smallest absolute Gasteiger partial charge is 0.243 e. The van der Waals surface area contributed by atoms with E-state index in [1.807, 2.05) is 18.7 Å². The van der Waals surface area contributed by atoms with Crippen LogP contribution in [-0.4, -0.2) is 54.4 Å². The van der Waals surface area contributed by atoms with Crippen molar-refractivity contribution in [3.63, 3.8) is 0 Å². The molecule has 0 aromatic carbocycles. The third kappa shape index (κ3) is 1.69. The van der Waals surface area contributed by atoms with Crippen molar-refractivity contribution in [3.05, 3.63) is 0 Å². The maximum atomic E-state index is 13.0. The summed E-state index contributed by atoms with van der Waals surface area (Å²) in [6.07, 6.45) is 1.17. The van der Waals surface area contributed by atoms with Crippen LogP contribution in [0.25, 0.3) is 0 Å². The average Bonchev–Trinajstić information content (AvgIpc) is 2.83. The van der Waals surface area contributed by atoms with Crippen LogP contribution in [0.4, 0.5) is 0 Å². The SMILES string of the molecule is C[C@@H]1CN(C(=O)C2(N)C3CCOC3C2(C)C)C[C@H](C)O1. The lowest BCUT2D eigenvalue weighted by molar-refractivity contribution is -0.191. The number of ether oxygens (including phenoxy) is 2. The summed E-state index contributed by atoms with van der Waals surface area (Å²) in [5.74, 6) is 0.245. The van der Waals surface area contributed by atoms with Crippen LogP contribution in [-0.2, 0) is 14.3 Å². The molecule has 0 bridgehead atoms. The molecule has 3 fully saturated rings. The molecule has 2 heterocycles. The zero-order valence-corrected chi connectivity index (χ0v) is 12.9. The number of carbonyl (C=O) groups excluding carboxylic acids is 1. The predicted molar refractivity (Wildman–Crippen MR) is 75.1 cm³/mol. The molecule has 3 rings (SSSR count). The Morgan fingerprint density at radius 3 is 2.45 bits per heavy atom. The number of amides is 1. The predicted octanol–water partition coefficient (Wildman–Crippen LogP) is 0.765. The van der Waals surface area contributed by atoms with Crippen LogP contribution in [0.5, 0.6) is 0 Å². The van der Waals surface area contributed by atoms with E-state index in [-0.39, 0.29) is 35.6 Å². The number of hydrogen-bond acceptors (Lipinski definition) is 4. The van der Waals surface area contributed by atoms with Crippen LogP contribution in [0.1, 0.15) is 34.1 Å². The number of hydrogen-bond donors (Lipinski definition) is 1. The van der Waals surface area contributed by atoms with E-state index in [1.165, 1.54) is 0 Å². The van der Waals surface area contributed by atoms with Crippen molar-refractivity contribution in [1.82, 2.24) is 4.90 Å². The molecule has 2 aliphatic heterocycles. The molecular weight excluding hydrogens is 256 g/mol. The summed E-state index contributed by atoms with van der Waals surface area (Å²) >= 11 is 0. The molecule has 1 saturated carbocycles. The Morgan fingerprint density at radius 1 is 1.25 bits per heavy atom. The van der Waals surface area contributed by atoms with E-state index in [4.69, 9.17) is 15.2 Å². The number of morpholine rings is 1. The quantitative estimate of drug-likeness (QED) is 0.771. The molecule has 5 atom stereocenters. The van der Waals surface area contributed by atoms with Gasteiger partial charge in [-0.1, -0.05) is 13.8 Å². The minimum Gasteiger partial charge on any atom is -0.377 e. The fourth-order valence-corrected chi connectivity index (χ4v) is 4.42. The molecule has 5 heteroatoms. The van der Waals surface area contributed by atoms with Crippen LogP contribution in [0.15, 0.2) is 0 Å². The van der Waals surface area contributed by atoms with Crippen molar-refractivity contribution < 1.29 is 14.3 Å². The Bertz CT molecular complexity index is 415. The maximum absolute atomic E-state index is 13.0. The molecule has 114 valence electrons. The second-order valence-corrected chi connectivity index (χ2v) is 7.24. The minimum absolute atomic E-state index is 0.0742. The lowest BCUT2D eigenvalue weighted by Crippen LogP contribution is -2.80. The fraction of sp³-hybridized carbons (Fsp3) is 0.933. The highest BCUT2D eigenvalue weighted by Gasteiger charge is 2.72. The van der Waals surface area contributed by atoms with Gasteiger partial charge in [-0.05, 0) is 20.3 Å². The molecule has 1 amide bonds. The van der Waals surface area contributed by atoms with Crippen LogP contribution in [0.3, 0.4) is 0 Å². The van der Waals surface area contributed by atoms with Crippen LogP contribution in [0, 0.1) is 11.3 Å². The van der Waals surface area contributed by atoms with Gasteiger partial charge in [0.25, 0.3) is 0 Å². The van der Waals surface area contributed by atoms with E-state index in [1.54, 1.807) is 0 Å². The Balaban J connectivity index is 1.82. The molecule has 3 aliphatic rings. The van der Waals surface area contributed by atoms with E-state index in [2.05, 4.69) is 13.8 Å². The fourth-order valence-electron chi connectivity index (χ4n) is 4.42. The van der Waals surface area contributed by atoms with Crippen molar-refractivity contribution in [1.29, 1.82) is 0 Å². The maximum Gasteiger partial charge on any atom is 0.243 e. The van der Waals surface area contributed by atoms with Crippen molar-refractivity contribution in [3.8, 4) is 0 Å². The topological polar surface area (TPSA) is 64.8 Å². The van der Waals surface area contributed by atoms with E-state index >= 15 is 0 Å². The summed E-state index contributed by atoms with van der Waals surface area (Å²) in [6, 6.07) is 0. The summed E-state index contributed by atoms with van der Waals surface area (Å²) in [5, 5.41) is 0. The summed E-state index contributed by atoms with van der Waals surface area (Å²) in [6.45, 7) is 10.1. The van der Waals surface area contributed by atoms with Gasteiger partial charge >= 0.3 is 0 Å². The van der Waals surface area contributed by atoms with E-state index in [0.29, 0.717) is 13.1 Å². The number of carbonyl (C=O) groups is 1. The van der Waals surface area contributed by atoms with Crippen molar-refractivity contribution in [2.75, 3.05) is 19.7 Å². The number of nitrogens with zero attached hydrogens (tertiary/aromatic N) is 1. The van der Waals surface area contributed by atoms with Crippen molar-refractivity contribution >= 4 is 5.91 Å². The van der Waals surface area contributed by atoms with E-state index < -0.39 is 5.54 Å². The first-order valence-corrected chi connectivity index (χ1v) is 7.63. The zero-order valence-electron chi connectivity index (χ0n) is 12.9. The van der Waals surface area contributed by atoms with Gasteiger partial charge in [0.1, 0.15) is 5.54 Å². The van der Waals surface area contributed by atoms with Gasteiger partial charge < -0.3 is 20.1 Å². The Kier molecular flexibility index (Phi) is 3.16. The molecule has 20 heavy (non-hydrogen) atoms. The Morgan fingerprint density at radius 2 is 1.85 bits per heavy atom. The highest BCUT2D eigenvalue weighted by atomic mass is 16.5. The van der Waals surface area contributed by atoms with Crippen LogP contribution < -0.4 is 5.73 Å². The van der Waals surface area contributed by atoms with Gasteiger partial charge in [0.05, 0.1) is 18.3 Å². The van der Waals surface area contributed by atoms with Gasteiger partial charge in [-0.2, -0.15) is 0 Å².